The molecule has 0 unspecified atom stereocenters. The molecule has 0 spiro atoms. The van der Waals surface area contributed by atoms with Gasteiger partial charge in [0.2, 0.25) is 5.95 Å². The summed E-state index contributed by atoms with van der Waals surface area (Å²) in [5.41, 5.74) is 2.51. The third-order valence-corrected chi connectivity index (χ3v) is 6.27. The highest BCUT2D eigenvalue weighted by Crippen LogP contribution is 2.26. The summed E-state index contributed by atoms with van der Waals surface area (Å²) in [7, 11) is 4.00. The van der Waals surface area contributed by atoms with Gasteiger partial charge >= 0.3 is 0 Å². The minimum Gasteiger partial charge on any atom is -0.362 e. The highest BCUT2D eigenvalue weighted by atomic mass is 16.1. The van der Waals surface area contributed by atoms with Gasteiger partial charge in [0.1, 0.15) is 5.82 Å². The van der Waals surface area contributed by atoms with Crippen LogP contribution in [0.25, 0.3) is 21.8 Å². The second kappa shape index (κ2) is 9.02. The van der Waals surface area contributed by atoms with Gasteiger partial charge < -0.3 is 15.5 Å². The minimum absolute atomic E-state index is 0.0225. The van der Waals surface area contributed by atoms with Crippen LogP contribution in [0.15, 0.2) is 60.8 Å². The smallest absolute Gasteiger partial charge is 0.251 e. The van der Waals surface area contributed by atoms with E-state index in [1.807, 2.05) is 73.6 Å². The topological polar surface area (TPSA) is 83.0 Å². The number of fused-ring (bicyclic) bond motifs is 2. The number of pyridine rings is 1. The maximum absolute atomic E-state index is 12.8. The predicted octanol–water partition coefficient (Wildman–Crippen LogP) is 4.40. The largest absolute Gasteiger partial charge is 0.362 e. The van der Waals surface area contributed by atoms with Gasteiger partial charge in [0.25, 0.3) is 5.91 Å². The quantitative estimate of drug-likeness (QED) is 0.479. The van der Waals surface area contributed by atoms with Crippen LogP contribution >= 0.6 is 0 Å². The molecule has 1 aliphatic rings. The number of carbonyl (C=O) groups excluding carboxylic acids is 1. The van der Waals surface area contributed by atoms with Crippen LogP contribution in [0.1, 0.15) is 36.0 Å². The van der Waals surface area contributed by atoms with Crippen molar-refractivity contribution in [2.24, 2.45) is 0 Å². The Bertz CT molecular complexity index is 1300. The average Bonchev–Trinajstić information content (AvgIpc) is 2.84. The first-order valence-electron chi connectivity index (χ1n) is 11.4. The van der Waals surface area contributed by atoms with Crippen molar-refractivity contribution >= 4 is 39.5 Å². The van der Waals surface area contributed by atoms with Crippen molar-refractivity contribution in [2.75, 3.05) is 24.3 Å². The Labute approximate surface area is 193 Å². The third-order valence-electron chi connectivity index (χ3n) is 6.27. The van der Waals surface area contributed by atoms with E-state index in [-0.39, 0.29) is 11.9 Å². The molecule has 2 aromatic carbocycles. The van der Waals surface area contributed by atoms with E-state index in [0.717, 1.165) is 53.3 Å². The first kappa shape index (κ1) is 21.1. The normalized spacial score (nSPS) is 18.2. The molecule has 0 saturated heterocycles. The van der Waals surface area contributed by atoms with Gasteiger partial charge in [-0.3, -0.25) is 9.78 Å². The van der Waals surface area contributed by atoms with Crippen LogP contribution in [-0.2, 0) is 0 Å². The van der Waals surface area contributed by atoms with Gasteiger partial charge in [-0.05, 0) is 62.1 Å². The van der Waals surface area contributed by atoms with Crippen molar-refractivity contribution in [3.8, 4) is 0 Å². The van der Waals surface area contributed by atoms with E-state index in [4.69, 9.17) is 9.97 Å². The first-order valence-corrected chi connectivity index (χ1v) is 11.4. The van der Waals surface area contributed by atoms with Crippen LogP contribution in [0, 0.1) is 0 Å². The maximum Gasteiger partial charge on any atom is 0.251 e. The van der Waals surface area contributed by atoms with Crippen LogP contribution in [0.3, 0.4) is 0 Å². The van der Waals surface area contributed by atoms with Crippen molar-refractivity contribution < 1.29 is 4.79 Å². The number of aromatic nitrogens is 3. The first-order chi connectivity index (χ1) is 16.1. The summed E-state index contributed by atoms with van der Waals surface area (Å²) in [5, 5.41) is 8.76. The molecule has 5 rings (SSSR count). The van der Waals surface area contributed by atoms with E-state index in [1.165, 1.54) is 0 Å². The van der Waals surface area contributed by atoms with Gasteiger partial charge in [0.05, 0.1) is 11.0 Å². The van der Waals surface area contributed by atoms with E-state index in [0.29, 0.717) is 17.6 Å². The molecule has 7 nitrogen and oxygen atoms in total. The van der Waals surface area contributed by atoms with Gasteiger partial charge in [0, 0.05) is 48.7 Å². The molecule has 1 fully saturated rings. The zero-order valence-corrected chi connectivity index (χ0v) is 19.0. The van der Waals surface area contributed by atoms with Crippen LogP contribution in [0.5, 0.6) is 0 Å². The molecule has 0 atom stereocenters. The van der Waals surface area contributed by atoms with Gasteiger partial charge in [-0.2, -0.15) is 4.98 Å². The summed E-state index contributed by atoms with van der Waals surface area (Å²) in [6.07, 6.45) is 5.53. The molecular formula is C26H28N6O. The lowest BCUT2D eigenvalue weighted by atomic mass is 9.91. The fourth-order valence-electron chi connectivity index (χ4n) is 4.52. The average molecular weight is 441 g/mol. The molecule has 0 bridgehead atoms. The zero-order chi connectivity index (χ0) is 22.8. The monoisotopic (exact) mass is 440 g/mol. The van der Waals surface area contributed by atoms with Crippen molar-refractivity contribution in [3.05, 3.63) is 66.4 Å². The summed E-state index contributed by atoms with van der Waals surface area (Å²) in [6, 6.07) is 18.1. The lowest BCUT2D eigenvalue weighted by molar-refractivity contribution is 0.0926. The Morgan fingerprint density at radius 2 is 1.70 bits per heavy atom. The SMILES string of the molecule is CN(C)c1nc(NC2CCC(NC(=O)c3ccc4ncccc4c3)CC2)nc2ccccc12. The number of hydrogen-bond acceptors (Lipinski definition) is 6. The Morgan fingerprint density at radius 1 is 0.909 bits per heavy atom. The van der Waals surface area contributed by atoms with Crippen molar-refractivity contribution in [1.29, 1.82) is 0 Å². The molecule has 33 heavy (non-hydrogen) atoms. The maximum atomic E-state index is 12.8. The molecule has 1 amide bonds. The number of amides is 1. The van der Waals surface area contributed by atoms with Crippen LogP contribution in [0.2, 0.25) is 0 Å². The fourth-order valence-corrected chi connectivity index (χ4v) is 4.52. The van der Waals surface area contributed by atoms with Gasteiger partial charge in [0.15, 0.2) is 0 Å². The van der Waals surface area contributed by atoms with E-state index < -0.39 is 0 Å². The number of para-hydroxylation sites is 1. The molecule has 2 N–H and O–H groups in total. The van der Waals surface area contributed by atoms with Gasteiger partial charge in [-0.25, -0.2) is 4.98 Å². The lowest BCUT2D eigenvalue weighted by Gasteiger charge is -2.30. The van der Waals surface area contributed by atoms with E-state index in [2.05, 4.69) is 15.6 Å². The fraction of sp³-hybridized carbons (Fsp3) is 0.308. The molecule has 2 heterocycles. The Balaban J connectivity index is 1.21. The highest BCUT2D eigenvalue weighted by molar-refractivity contribution is 5.98. The third kappa shape index (κ3) is 4.58. The Hall–Kier alpha value is -3.74. The van der Waals surface area contributed by atoms with E-state index >= 15 is 0 Å². The minimum atomic E-state index is -0.0225. The number of benzene rings is 2. The zero-order valence-electron chi connectivity index (χ0n) is 19.0. The summed E-state index contributed by atoms with van der Waals surface area (Å²) in [6.45, 7) is 0. The summed E-state index contributed by atoms with van der Waals surface area (Å²) >= 11 is 0. The molecule has 2 aromatic heterocycles. The van der Waals surface area contributed by atoms with Crippen molar-refractivity contribution in [2.45, 2.75) is 37.8 Å². The molecule has 0 aliphatic heterocycles. The second-order valence-corrected chi connectivity index (χ2v) is 8.86. The van der Waals surface area contributed by atoms with E-state index in [1.54, 1.807) is 6.20 Å². The van der Waals surface area contributed by atoms with Crippen molar-refractivity contribution in [1.82, 2.24) is 20.3 Å². The molecule has 1 saturated carbocycles. The number of carbonyl (C=O) groups is 1. The number of anilines is 2. The van der Waals surface area contributed by atoms with Gasteiger partial charge in [-0.1, -0.05) is 18.2 Å². The summed E-state index contributed by atoms with van der Waals surface area (Å²) < 4.78 is 0. The van der Waals surface area contributed by atoms with Gasteiger partial charge in [-0.15, -0.1) is 0 Å². The van der Waals surface area contributed by atoms with E-state index in [9.17, 15) is 4.79 Å². The molecule has 4 aromatic rings. The Kier molecular flexibility index (Phi) is 5.77. The highest BCUT2D eigenvalue weighted by Gasteiger charge is 2.24. The number of hydrogen-bond donors (Lipinski definition) is 2. The molecule has 168 valence electrons. The summed E-state index contributed by atoms with van der Waals surface area (Å²) in [5.74, 6) is 1.55. The van der Waals surface area contributed by atoms with Crippen LogP contribution in [-0.4, -0.2) is 47.0 Å². The molecular weight excluding hydrogens is 412 g/mol. The number of nitrogens with one attached hydrogen (secondary N) is 2. The van der Waals surface area contributed by atoms with Crippen LogP contribution in [0.4, 0.5) is 11.8 Å². The number of rotatable bonds is 5. The van der Waals surface area contributed by atoms with Crippen molar-refractivity contribution in [3.63, 3.8) is 0 Å². The Morgan fingerprint density at radius 3 is 2.52 bits per heavy atom. The second-order valence-electron chi connectivity index (χ2n) is 8.86. The predicted molar refractivity (Wildman–Crippen MR) is 133 cm³/mol. The number of nitrogens with zero attached hydrogens (tertiary/aromatic N) is 4. The molecule has 0 radical (unpaired) electrons. The molecule has 7 heteroatoms. The summed E-state index contributed by atoms with van der Waals surface area (Å²) in [4.78, 5) is 28.6. The lowest BCUT2D eigenvalue weighted by Crippen LogP contribution is -2.40. The standard InChI is InChI=1S/C26H28N6O/c1-32(2)24-21-7-3-4-8-23(21)30-26(31-24)29-20-12-10-19(11-13-20)28-25(33)18-9-14-22-17(16-18)6-5-15-27-22/h3-9,14-16,19-20H,10-13H2,1-2H3,(H,28,33)(H,29,30,31). The molecule has 1 aliphatic carbocycles. The van der Waals surface area contributed by atoms with Crippen LogP contribution < -0.4 is 15.5 Å².